The first-order valence-corrected chi connectivity index (χ1v) is 8.75. The molecule has 7 heteroatoms. The Hall–Kier alpha value is -2.18. The summed E-state index contributed by atoms with van der Waals surface area (Å²) in [6.45, 7) is 0. The number of methoxy groups -OCH3 is 1. The summed E-state index contributed by atoms with van der Waals surface area (Å²) in [5.41, 5.74) is 1.53. The Morgan fingerprint density at radius 2 is 1.92 bits per heavy atom. The van der Waals surface area contributed by atoms with E-state index in [9.17, 15) is 13.6 Å². The summed E-state index contributed by atoms with van der Waals surface area (Å²) in [6, 6.07) is 8.67. The molecule has 0 aliphatic rings. The maximum absolute atomic E-state index is 14.1. The van der Waals surface area contributed by atoms with E-state index in [1.165, 1.54) is 18.3 Å². The fraction of sp³-hybridized carbons (Fsp3) is 0.105. The van der Waals surface area contributed by atoms with E-state index in [4.69, 9.17) is 16.3 Å². The zero-order chi connectivity index (χ0) is 18.8. The molecule has 0 saturated carbocycles. The molecule has 1 N–H and O–H groups in total. The minimum atomic E-state index is -0.697. The quantitative estimate of drug-likeness (QED) is 0.595. The largest absolute Gasteiger partial charge is 0.497 e. The van der Waals surface area contributed by atoms with E-state index in [0.717, 1.165) is 16.1 Å². The van der Waals surface area contributed by atoms with Crippen LogP contribution in [-0.2, 0) is 6.42 Å². The van der Waals surface area contributed by atoms with Crippen LogP contribution < -0.4 is 10.3 Å². The average molecular weight is 441 g/mol. The third-order valence-electron chi connectivity index (χ3n) is 3.98. The van der Waals surface area contributed by atoms with Crippen molar-refractivity contribution in [3.63, 3.8) is 0 Å². The Kier molecular flexibility index (Phi) is 5.44. The third kappa shape index (κ3) is 3.66. The molecular formula is C19H13BrClF2NO2. The summed E-state index contributed by atoms with van der Waals surface area (Å²) in [7, 11) is 1.54. The molecule has 0 atom stereocenters. The van der Waals surface area contributed by atoms with Crippen molar-refractivity contribution in [1.82, 2.24) is 4.98 Å². The minimum absolute atomic E-state index is 0.0356. The molecule has 1 aromatic heterocycles. The number of aromatic amines is 1. The van der Waals surface area contributed by atoms with E-state index in [0.29, 0.717) is 16.9 Å². The van der Waals surface area contributed by atoms with E-state index in [-0.39, 0.29) is 17.0 Å². The molecule has 3 rings (SSSR count). The molecule has 0 bridgehead atoms. The van der Waals surface area contributed by atoms with Gasteiger partial charge in [-0.15, -0.1) is 0 Å². The standard InChI is InChI=1S/C19H13BrClF2NO2/c1-26-12-4-5-16(20)13(8-12)15-9-24-19(25)18(21)14(15)6-10-2-3-11(22)7-17(10)23/h2-5,7-9H,6H2,1H3,(H,24,25). The lowest BCUT2D eigenvalue weighted by Gasteiger charge is -2.14. The fourth-order valence-corrected chi connectivity index (χ4v) is 3.33. The van der Waals surface area contributed by atoms with E-state index in [1.54, 1.807) is 25.3 Å². The minimum Gasteiger partial charge on any atom is -0.497 e. The number of ether oxygens (including phenoxy) is 1. The van der Waals surface area contributed by atoms with Gasteiger partial charge in [0.05, 0.1) is 7.11 Å². The van der Waals surface area contributed by atoms with Crippen LogP contribution in [0, 0.1) is 11.6 Å². The van der Waals surface area contributed by atoms with Gasteiger partial charge in [0.15, 0.2) is 0 Å². The van der Waals surface area contributed by atoms with Gasteiger partial charge in [0.25, 0.3) is 5.56 Å². The molecule has 1 heterocycles. The van der Waals surface area contributed by atoms with Crippen molar-refractivity contribution in [3.8, 4) is 16.9 Å². The van der Waals surface area contributed by atoms with E-state index in [1.807, 2.05) is 0 Å². The van der Waals surface area contributed by atoms with Gasteiger partial charge in [-0.3, -0.25) is 4.79 Å². The number of nitrogens with one attached hydrogen (secondary N) is 1. The Balaban J connectivity index is 2.19. The SMILES string of the molecule is COc1ccc(Br)c(-c2c[nH]c(=O)c(Cl)c2Cc2ccc(F)cc2F)c1. The highest BCUT2D eigenvalue weighted by Gasteiger charge is 2.17. The predicted octanol–water partition coefficient (Wildman–Crippen LogP) is 5.34. The molecule has 0 unspecified atom stereocenters. The normalized spacial score (nSPS) is 10.8. The summed E-state index contributed by atoms with van der Waals surface area (Å²) in [5.74, 6) is -0.750. The Morgan fingerprint density at radius 1 is 1.15 bits per heavy atom. The van der Waals surface area contributed by atoms with Crippen LogP contribution in [-0.4, -0.2) is 12.1 Å². The van der Waals surface area contributed by atoms with Gasteiger partial charge >= 0.3 is 0 Å². The molecule has 0 aliphatic heterocycles. The van der Waals surface area contributed by atoms with Crippen LogP contribution in [0.1, 0.15) is 11.1 Å². The zero-order valence-electron chi connectivity index (χ0n) is 13.6. The molecule has 0 aliphatic carbocycles. The van der Waals surface area contributed by atoms with Gasteiger partial charge in [0, 0.05) is 34.3 Å². The first kappa shape index (κ1) is 18.6. The number of hydrogen-bond donors (Lipinski definition) is 1. The predicted molar refractivity (Wildman–Crippen MR) is 101 cm³/mol. The zero-order valence-corrected chi connectivity index (χ0v) is 15.9. The Bertz CT molecular complexity index is 1040. The van der Waals surface area contributed by atoms with Crippen molar-refractivity contribution in [2.24, 2.45) is 0 Å². The second-order valence-electron chi connectivity index (χ2n) is 5.58. The molecule has 3 aromatic rings. The maximum atomic E-state index is 14.1. The maximum Gasteiger partial charge on any atom is 0.267 e. The van der Waals surface area contributed by atoms with Crippen LogP contribution in [0.25, 0.3) is 11.1 Å². The van der Waals surface area contributed by atoms with Crippen molar-refractivity contribution in [2.75, 3.05) is 7.11 Å². The van der Waals surface area contributed by atoms with Gasteiger partial charge in [-0.2, -0.15) is 0 Å². The fourth-order valence-electron chi connectivity index (χ4n) is 2.65. The Labute approximate surface area is 161 Å². The van der Waals surface area contributed by atoms with Crippen molar-refractivity contribution >= 4 is 27.5 Å². The van der Waals surface area contributed by atoms with Crippen LogP contribution in [0.2, 0.25) is 5.02 Å². The lowest BCUT2D eigenvalue weighted by atomic mass is 9.96. The third-order valence-corrected chi connectivity index (χ3v) is 5.07. The summed E-state index contributed by atoms with van der Waals surface area (Å²) in [4.78, 5) is 14.6. The van der Waals surface area contributed by atoms with Gasteiger partial charge < -0.3 is 9.72 Å². The highest BCUT2D eigenvalue weighted by molar-refractivity contribution is 9.10. The molecule has 3 nitrogen and oxygen atoms in total. The summed E-state index contributed by atoms with van der Waals surface area (Å²) < 4.78 is 33.3. The van der Waals surface area contributed by atoms with E-state index < -0.39 is 17.2 Å². The van der Waals surface area contributed by atoms with Gasteiger partial charge in [-0.1, -0.05) is 33.6 Å². The van der Waals surface area contributed by atoms with Crippen LogP contribution in [0.4, 0.5) is 8.78 Å². The molecular weight excluding hydrogens is 428 g/mol. The first-order chi connectivity index (χ1) is 12.4. The van der Waals surface area contributed by atoms with Crippen LogP contribution >= 0.6 is 27.5 Å². The molecule has 0 spiro atoms. The molecule has 2 aromatic carbocycles. The molecule has 0 fully saturated rings. The van der Waals surface area contributed by atoms with Crippen LogP contribution in [0.3, 0.4) is 0 Å². The van der Waals surface area contributed by atoms with Crippen molar-refractivity contribution in [2.45, 2.75) is 6.42 Å². The topological polar surface area (TPSA) is 42.1 Å². The highest BCUT2D eigenvalue weighted by atomic mass is 79.9. The second kappa shape index (κ2) is 7.60. The molecule has 26 heavy (non-hydrogen) atoms. The van der Waals surface area contributed by atoms with Gasteiger partial charge in [0.1, 0.15) is 22.4 Å². The average Bonchev–Trinajstić information content (AvgIpc) is 2.62. The summed E-state index contributed by atoms with van der Waals surface area (Å²) >= 11 is 9.69. The second-order valence-corrected chi connectivity index (χ2v) is 6.81. The molecule has 0 saturated heterocycles. The number of pyridine rings is 1. The Morgan fingerprint density at radius 3 is 2.62 bits per heavy atom. The smallest absolute Gasteiger partial charge is 0.267 e. The van der Waals surface area contributed by atoms with Gasteiger partial charge in [-0.25, -0.2) is 8.78 Å². The van der Waals surface area contributed by atoms with Gasteiger partial charge in [0.2, 0.25) is 0 Å². The van der Waals surface area contributed by atoms with Crippen molar-refractivity contribution in [3.05, 3.63) is 85.2 Å². The van der Waals surface area contributed by atoms with Crippen molar-refractivity contribution in [1.29, 1.82) is 0 Å². The van der Waals surface area contributed by atoms with E-state index >= 15 is 0 Å². The number of aromatic nitrogens is 1. The highest BCUT2D eigenvalue weighted by Crippen LogP contribution is 2.36. The lowest BCUT2D eigenvalue weighted by Crippen LogP contribution is -2.11. The molecule has 134 valence electrons. The van der Waals surface area contributed by atoms with Crippen molar-refractivity contribution < 1.29 is 13.5 Å². The lowest BCUT2D eigenvalue weighted by molar-refractivity contribution is 0.415. The molecule has 0 amide bonds. The first-order valence-electron chi connectivity index (χ1n) is 7.58. The monoisotopic (exact) mass is 439 g/mol. The number of H-pyrrole nitrogens is 1. The van der Waals surface area contributed by atoms with E-state index in [2.05, 4.69) is 20.9 Å². The molecule has 0 radical (unpaired) electrons. The van der Waals surface area contributed by atoms with Crippen LogP contribution in [0.15, 0.2) is 51.9 Å². The number of hydrogen-bond acceptors (Lipinski definition) is 2. The summed E-state index contributed by atoms with van der Waals surface area (Å²) in [5, 5.41) is -0.0408. The van der Waals surface area contributed by atoms with Gasteiger partial charge in [-0.05, 0) is 35.4 Å². The number of halogens is 4. The number of benzene rings is 2. The summed E-state index contributed by atoms with van der Waals surface area (Å²) in [6.07, 6.45) is 1.55. The number of rotatable bonds is 4. The van der Waals surface area contributed by atoms with Crippen LogP contribution in [0.5, 0.6) is 5.75 Å².